The number of nitrogens with zero attached hydrogens (tertiary/aromatic N) is 1. The van der Waals surface area contributed by atoms with E-state index in [0.717, 1.165) is 24.3 Å². The second kappa shape index (κ2) is 7.74. The first-order valence-electron chi connectivity index (χ1n) is 7.24. The van der Waals surface area contributed by atoms with Gasteiger partial charge in [0, 0.05) is 17.8 Å². The third-order valence-corrected chi connectivity index (χ3v) is 3.25. The monoisotopic (exact) mass is 288 g/mol. The summed E-state index contributed by atoms with van der Waals surface area (Å²) in [6.45, 7) is 5.61. The van der Waals surface area contributed by atoms with Crippen molar-refractivity contribution in [2.75, 3.05) is 6.54 Å². The van der Waals surface area contributed by atoms with Crippen LogP contribution in [0.15, 0.2) is 42.7 Å². The van der Waals surface area contributed by atoms with E-state index in [-0.39, 0.29) is 5.82 Å². The van der Waals surface area contributed by atoms with Crippen molar-refractivity contribution in [3.8, 4) is 5.75 Å². The molecule has 0 saturated heterocycles. The minimum absolute atomic E-state index is 0.313. The highest BCUT2D eigenvalue weighted by Gasteiger charge is 2.04. The van der Waals surface area contributed by atoms with Crippen LogP contribution >= 0.6 is 0 Å². The van der Waals surface area contributed by atoms with Crippen molar-refractivity contribution in [3.05, 3.63) is 59.7 Å². The maximum Gasteiger partial charge on any atom is 0.141 e. The fourth-order valence-electron chi connectivity index (χ4n) is 2.03. The van der Waals surface area contributed by atoms with Gasteiger partial charge in [-0.2, -0.15) is 0 Å². The Hall–Kier alpha value is -1.94. The molecule has 4 heteroatoms. The van der Waals surface area contributed by atoms with Crippen LogP contribution in [0.3, 0.4) is 0 Å². The second-order valence-electron chi connectivity index (χ2n) is 5.04. The van der Waals surface area contributed by atoms with Crippen molar-refractivity contribution in [2.24, 2.45) is 0 Å². The summed E-state index contributed by atoms with van der Waals surface area (Å²) in [4.78, 5) is 3.80. The number of nitrogens with one attached hydrogen (secondary N) is 1. The minimum Gasteiger partial charge on any atom is -0.489 e. The minimum atomic E-state index is -0.345. The molecule has 0 aliphatic carbocycles. The van der Waals surface area contributed by atoms with Crippen LogP contribution in [0.1, 0.15) is 37.4 Å². The van der Waals surface area contributed by atoms with Crippen molar-refractivity contribution >= 4 is 0 Å². The van der Waals surface area contributed by atoms with Crippen LogP contribution in [0.4, 0.5) is 4.39 Å². The molecule has 1 N–H and O–H groups in total. The second-order valence-corrected chi connectivity index (χ2v) is 5.04. The number of hydrogen-bond acceptors (Lipinski definition) is 3. The molecule has 112 valence electrons. The van der Waals surface area contributed by atoms with E-state index in [2.05, 4.69) is 24.1 Å². The maximum atomic E-state index is 13.0. The zero-order valence-electron chi connectivity index (χ0n) is 12.5. The van der Waals surface area contributed by atoms with E-state index < -0.39 is 0 Å². The van der Waals surface area contributed by atoms with Crippen LogP contribution in [0.25, 0.3) is 0 Å². The average molecular weight is 288 g/mol. The van der Waals surface area contributed by atoms with Crippen LogP contribution in [-0.2, 0) is 6.61 Å². The van der Waals surface area contributed by atoms with E-state index >= 15 is 0 Å². The Balaban J connectivity index is 1.90. The van der Waals surface area contributed by atoms with Gasteiger partial charge < -0.3 is 10.1 Å². The molecule has 0 bridgehead atoms. The Morgan fingerprint density at radius 3 is 2.67 bits per heavy atom. The molecule has 0 aliphatic heterocycles. The Kier molecular flexibility index (Phi) is 5.69. The number of aromatic nitrogens is 1. The van der Waals surface area contributed by atoms with Gasteiger partial charge in [0.1, 0.15) is 18.2 Å². The fraction of sp³-hybridized carbons (Fsp3) is 0.353. The number of rotatable bonds is 7. The summed E-state index contributed by atoms with van der Waals surface area (Å²) in [6, 6.07) is 9.72. The van der Waals surface area contributed by atoms with Gasteiger partial charge in [-0.25, -0.2) is 4.39 Å². The zero-order valence-corrected chi connectivity index (χ0v) is 12.5. The normalized spacial score (nSPS) is 12.1. The average Bonchev–Trinajstić information content (AvgIpc) is 2.51. The number of pyridine rings is 1. The molecule has 0 spiro atoms. The molecule has 0 aliphatic rings. The van der Waals surface area contributed by atoms with Gasteiger partial charge in [-0.3, -0.25) is 4.98 Å². The molecule has 0 radical (unpaired) electrons. The largest absolute Gasteiger partial charge is 0.489 e. The summed E-state index contributed by atoms with van der Waals surface area (Å²) in [7, 11) is 0. The van der Waals surface area contributed by atoms with E-state index in [9.17, 15) is 4.39 Å². The van der Waals surface area contributed by atoms with Gasteiger partial charge in [0.05, 0.1) is 6.20 Å². The summed E-state index contributed by atoms with van der Waals surface area (Å²) < 4.78 is 18.6. The third-order valence-electron chi connectivity index (χ3n) is 3.25. The van der Waals surface area contributed by atoms with Crippen molar-refractivity contribution < 1.29 is 9.13 Å². The van der Waals surface area contributed by atoms with E-state index in [1.165, 1.54) is 17.8 Å². The zero-order chi connectivity index (χ0) is 15.1. The summed E-state index contributed by atoms with van der Waals surface area (Å²) in [5.74, 6) is 0.424. The summed E-state index contributed by atoms with van der Waals surface area (Å²) in [5, 5.41) is 3.44. The highest BCUT2D eigenvalue weighted by Crippen LogP contribution is 2.18. The molecule has 0 fully saturated rings. The van der Waals surface area contributed by atoms with Gasteiger partial charge in [0.2, 0.25) is 0 Å². The first-order valence-corrected chi connectivity index (χ1v) is 7.24. The molecule has 1 unspecified atom stereocenters. The number of ether oxygens (including phenoxy) is 1. The molecular formula is C17H21FN2O. The molecular weight excluding hydrogens is 267 g/mol. The first kappa shape index (κ1) is 15.4. The van der Waals surface area contributed by atoms with Crippen molar-refractivity contribution in [3.63, 3.8) is 0 Å². The van der Waals surface area contributed by atoms with Gasteiger partial charge in [-0.1, -0.05) is 19.1 Å². The maximum absolute atomic E-state index is 13.0. The molecule has 1 aromatic carbocycles. The van der Waals surface area contributed by atoms with Crippen LogP contribution < -0.4 is 10.1 Å². The molecule has 2 aromatic rings. The molecule has 3 nitrogen and oxygen atoms in total. The quantitative estimate of drug-likeness (QED) is 0.840. The highest BCUT2D eigenvalue weighted by atomic mass is 19.1. The predicted octanol–water partition coefficient (Wildman–Crippen LogP) is 3.86. The summed E-state index contributed by atoms with van der Waals surface area (Å²) >= 11 is 0. The topological polar surface area (TPSA) is 34.1 Å². The lowest BCUT2D eigenvalue weighted by molar-refractivity contribution is 0.305. The van der Waals surface area contributed by atoms with Crippen LogP contribution in [0, 0.1) is 5.82 Å². The third kappa shape index (κ3) is 4.83. The molecule has 1 heterocycles. The van der Waals surface area contributed by atoms with Gasteiger partial charge in [-0.15, -0.1) is 0 Å². The predicted molar refractivity (Wildman–Crippen MR) is 81.7 cm³/mol. The van der Waals surface area contributed by atoms with E-state index in [4.69, 9.17) is 4.74 Å². The van der Waals surface area contributed by atoms with Crippen LogP contribution in [0.5, 0.6) is 5.75 Å². The number of halogens is 1. The molecule has 2 rings (SSSR count). The Bertz CT molecular complexity index is 557. The van der Waals surface area contributed by atoms with Crippen LogP contribution in [0.2, 0.25) is 0 Å². The molecule has 0 saturated carbocycles. The number of hydrogen-bond donors (Lipinski definition) is 1. The summed E-state index contributed by atoms with van der Waals surface area (Å²) in [6.07, 6.45) is 3.91. The standard InChI is InChI=1S/C17H21FN2O/c1-3-8-20-13(2)15-4-6-17(7-5-15)21-12-14-9-16(18)11-19-10-14/h4-7,9-11,13,20H,3,8,12H2,1-2H3. The van der Waals surface area contributed by atoms with Gasteiger partial charge in [-0.05, 0) is 43.7 Å². The SMILES string of the molecule is CCCNC(C)c1ccc(OCc2cncc(F)c2)cc1. The lowest BCUT2D eigenvalue weighted by atomic mass is 10.1. The Morgan fingerprint density at radius 1 is 1.24 bits per heavy atom. The van der Waals surface area contributed by atoms with Crippen molar-refractivity contribution in [2.45, 2.75) is 32.9 Å². The molecule has 0 amide bonds. The Morgan fingerprint density at radius 2 is 2.00 bits per heavy atom. The van der Waals surface area contributed by atoms with Gasteiger partial charge in [0.15, 0.2) is 0 Å². The van der Waals surface area contributed by atoms with E-state index in [0.29, 0.717) is 12.6 Å². The van der Waals surface area contributed by atoms with Gasteiger partial charge in [0.25, 0.3) is 0 Å². The van der Waals surface area contributed by atoms with E-state index in [1.54, 1.807) is 6.20 Å². The smallest absolute Gasteiger partial charge is 0.141 e. The lowest BCUT2D eigenvalue weighted by Crippen LogP contribution is -2.19. The van der Waals surface area contributed by atoms with Crippen LogP contribution in [-0.4, -0.2) is 11.5 Å². The highest BCUT2D eigenvalue weighted by molar-refractivity contribution is 5.29. The molecule has 1 atom stereocenters. The molecule has 1 aromatic heterocycles. The molecule has 21 heavy (non-hydrogen) atoms. The van der Waals surface area contributed by atoms with E-state index in [1.807, 2.05) is 24.3 Å². The number of benzene rings is 1. The van der Waals surface area contributed by atoms with Crippen molar-refractivity contribution in [1.82, 2.24) is 10.3 Å². The lowest BCUT2D eigenvalue weighted by Gasteiger charge is -2.14. The summed E-state index contributed by atoms with van der Waals surface area (Å²) in [5.41, 5.74) is 1.94. The van der Waals surface area contributed by atoms with Gasteiger partial charge >= 0.3 is 0 Å². The van der Waals surface area contributed by atoms with Crippen molar-refractivity contribution in [1.29, 1.82) is 0 Å². The Labute approximate surface area is 125 Å². The fourth-order valence-corrected chi connectivity index (χ4v) is 2.03. The first-order chi connectivity index (χ1) is 10.2.